The van der Waals surface area contributed by atoms with Gasteiger partial charge in [-0.3, -0.25) is 0 Å². The number of fused-ring (bicyclic) bond motifs is 1. The van der Waals surface area contributed by atoms with Crippen molar-refractivity contribution in [2.45, 2.75) is 0 Å². The molecule has 0 fully saturated rings. The summed E-state index contributed by atoms with van der Waals surface area (Å²) in [4.78, 5) is 0. The van der Waals surface area contributed by atoms with Crippen LogP contribution in [0.15, 0.2) is 45.1 Å². The topological polar surface area (TPSA) is 24.7 Å². The maximum absolute atomic E-state index is 12.8. The van der Waals surface area contributed by atoms with Gasteiger partial charge in [-0.2, -0.15) is 8.73 Å². The van der Waals surface area contributed by atoms with Crippen LogP contribution < -0.4 is 10.4 Å². The summed E-state index contributed by atoms with van der Waals surface area (Å²) in [5, 5.41) is 1.86. The van der Waals surface area contributed by atoms with Crippen molar-refractivity contribution in [1.82, 2.24) is 0 Å². The molecular formula is C14H9FN2S. The summed E-state index contributed by atoms with van der Waals surface area (Å²) in [5.41, 5.74) is 2.66. The number of hydrogen-bond acceptors (Lipinski definition) is 2. The summed E-state index contributed by atoms with van der Waals surface area (Å²) < 4.78 is 21.2. The van der Waals surface area contributed by atoms with Gasteiger partial charge in [0.05, 0.1) is 11.4 Å². The first-order valence-corrected chi connectivity index (χ1v) is 6.14. The summed E-state index contributed by atoms with van der Waals surface area (Å²) in [6.07, 6.45) is 1.96. The normalized spacial score (nSPS) is 13.5. The van der Waals surface area contributed by atoms with Crippen molar-refractivity contribution in [3.63, 3.8) is 0 Å². The van der Waals surface area contributed by atoms with Crippen molar-refractivity contribution >= 4 is 35.4 Å². The SMILES string of the molecule is C=c1cc2c(c/c1=C/c1ccc(F)cc1)N=S=N2. The minimum atomic E-state index is -0.235. The number of halogens is 1. The van der Waals surface area contributed by atoms with Crippen LogP contribution in [0.25, 0.3) is 12.7 Å². The van der Waals surface area contributed by atoms with E-state index in [9.17, 15) is 4.39 Å². The molecule has 1 aliphatic heterocycles. The molecule has 0 unspecified atom stereocenters. The van der Waals surface area contributed by atoms with E-state index in [0.29, 0.717) is 0 Å². The minimum absolute atomic E-state index is 0.235. The summed E-state index contributed by atoms with van der Waals surface area (Å²) in [7, 11) is 0. The maximum atomic E-state index is 12.8. The van der Waals surface area contributed by atoms with E-state index >= 15 is 0 Å². The molecule has 2 aromatic carbocycles. The van der Waals surface area contributed by atoms with Gasteiger partial charge in [0.1, 0.15) is 17.2 Å². The average Bonchev–Trinajstić information content (AvgIpc) is 2.79. The van der Waals surface area contributed by atoms with E-state index in [0.717, 1.165) is 27.4 Å². The maximum Gasteiger partial charge on any atom is 0.123 e. The highest BCUT2D eigenvalue weighted by molar-refractivity contribution is 7.58. The van der Waals surface area contributed by atoms with Crippen molar-refractivity contribution in [1.29, 1.82) is 0 Å². The van der Waals surface area contributed by atoms with Gasteiger partial charge >= 0.3 is 0 Å². The van der Waals surface area contributed by atoms with E-state index in [-0.39, 0.29) is 5.82 Å². The number of rotatable bonds is 1. The van der Waals surface area contributed by atoms with Crippen LogP contribution in [0.1, 0.15) is 5.56 Å². The molecule has 3 rings (SSSR count). The Morgan fingerprint density at radius 1 is 1.06 bits per heavy atom. The fourth-order valence-electron chi connectivity index (χ4n) is 1.76. The molecule has 0 saturated heterocycles. The molecular weight excluding hydrogens is 247 g/mol. The summed E-state index contributed by atoms with van der Waals surface area (Å²) >= 11 is 1.19. The molecule has 2 aromatic rings. The molecule has 0 amide bonds. The lowest BCUT2D eigenvalue weighted by Gasteiger charge is -1.97. The Kier molecular flexibility index (Phi) is 2.64. The summed E-state index contributed by atoms with van der Waals surface area (Å²) in [6, 6.07) is 10.2. The van der Waals surface area contributed by atoms with Crippen LogP contribution in [-0.4, -0.2) is 0 Å². The lowest BCUT2D eigenvalue weighted by molar-refractivity contribution is 0.628. The molecule has 1 heterocycles. The van der Waals surface area contributed by atoms with Crippen LogP contribution in [0.2, 0.25) is 0 Å². The van der Waals surface area contributed by atoms with Gasteiger partial charge in [0, 0.05) is 0 Å². The third kappa shape index (κ3) is 2.02. The van der Waals surface area contributed by atoms with E-state index in [4.69, 9.17) is 0 Å². The Morgan fingerprint density at radius 2 is 1.72 bits per heavy atom. The quantitative estimate of drug-likeness (QED) is 0.639. The minimum Gasteiger partial charge on any atom is -0.207 e. The first kappa shape index (κ1) is 11.0. The van der Waals surface area contributed by atoms with E-state index in [1.807, 2.05) is 18.2 Å². The predicted octanol–water partition coefficient (Wildman–Crippen LogP) is 2.79. The highest BCUT2D eigenvalue weighted by atomic mass is 32.1. The Labute approximate surface area is 107 Å². The molecule has 0 spiro atoms. The molecule has 88 valence electrons. The molecule has 1 aliphatic rings. The molecule has 0 N–H and O–H groups in total. The Bertz CT molecular complexity index is 788. The van der Waals surface area contributed by atoms with Crippen LogP contribution in [0.4, 0.5) is 15.8 Å². The van der Waals surface area contributed by atoms with E-state index in [2.05, 4.69) is 15.3 Å². The summed E-state index contributed by atoms with van der Waals surface area (Å²) in [5.74, 6) is -0.235. The zero-order chi connectivity index (χ0) is 12.5. The van der Waals surface area contributed by atoms with Gasteiger partial charge in [-0.05, 0) is 46.3 Å². The van der Waals surface area contributed by atoms with Gasteiger partial charge in [0.2, 0.25) is 0 Å². The third-order valence-electron chi connectivity index (χ3n) is 2.71. The van der Waals surface area contributed by atoms with E-state index < -0.39 is 0 Å². The van der Waals surface area contributed by atoms with Crippen molar-refractivity contribution in [3.8, 4) is 0 Å². The van der Waals surface area contributed by atoms with Gasteiger partial charge in [-0.15, -0.1) is 0 Å². The average molecular weight is 256 g/mol. The van der Waals surface area contributed by atoms with Crippen molar-refractivity contribution < 1.29 is 4.39 Å². The van der Waals surface area contributed by atoms with Crippen molar-refractivity contribution in [2.24, 2.45) is 8.73 Å². The fraction of sp³-hybridized carbons (Fsp3) is 0. The van der Waals surface area contributed by atoms with Gasteiger partial charge in [-0.25, -0.2) is 4.39 Å². The third-order valence-corrected chi connectivity index (χ3v) is 3.26. The van der Waals surface area contributed by atoms with Crippen LogP contribution in [0, 0.1) is 5.82 Å². The van der Waals surface area contributed by atoms with Gasteiger partial charge in [-0.1, -0.05) is 18.7 Å². The Morgan fingerprint density at radius 3 is 2.44 bits per heavy atom. The second-order valence-electron chi connectivity index (χ2n) is 4.00. The molecule has 0 aliphatic carbocycles. The van der Waals surface area contributed by atoms with Crippen LogP contribution in [-0.2, 0) is 11.4 Å². The monoisotopic (exact) mass is 256 g/mol. The molecule has 0 saturated carbocycles. The van der Waals surface area contributed by atoms with Crippen molar-refractivity contribution in [3.05, 3.63) is 58.2 Å². The lowest BCUT2D eigenvalue weighted by atomic mass is 10.1. The molecule has 0 bridgehead atoms. The lowest BCUT2D eigenvalue weighted by Crippen LogP contribution is -2.22. The standard InChI is InChI=1S/C14H9FN2S/c1-9-6-13-14(17-18-16-13)8-11(9)7-10-2-4-12(15)5-3-10/h2-8H,1H2/b11-7-. The number of nitrogens with zero attached hydrogens (tertiary/aromatic N) is 2. The molecule has 0 aromatic heterocycles. The fourth-order valence-corrected chi connectivity index (χ4v) is 2.27. The smallest absolute Gasteiger partial charge is 0.123 e. The van der Waals surface area contributed by atoms with Crippen molar-refractivity contribution in [2.75, 3.05) is 0 Å². The van der Waals surface area contributed by atoms with Crippen LogP contribution >= 0.6 is 0 Å². The molecule has 4 heteroatoms. The molecule has 0 radical (unpaired) electrons. The Balaban J connectivity index is 2.15. The first-order valence-electron chi connectivity index (χ1n) is 5.41. The largest absolute Gasteiger partial charge is 0.207 e. The van der Waals surface area contributed by atoms with Gasteiger partial charge in [0.15, 0.2) is 0 Å². The zero-order valence-corrected chi connectivity index (χ0v) is 10.2. The van der Waals surface area contributed by atoms with Crippen LogP contribution in [0.5, 0.6) is 0 Å². The van der Waals surface area contributed by atoms with E-state index in [1.165, 1.54) is 23.5 Å². The summed E-state index contributed by atoms with van der Waals surface area (Å²) in [6.45, 7) is 4.00. The molecule has 0 atom stereocenters. The molecule has 2 nitrogen and oxygen atoms in total. The predicted molar refractivity (Wildman–Crippen MR) is 72.7 cm³/mol. The number of benzene rings is 2. The van der Waals surface area contributed by atoms with E-state index in [1.54, 1.807) is 12.1 Å². The highest BCUT2D eigenvalue weighted by Gasteiger charge is 2.03. The highest BCUT2D eigenvalue weighted by Crippen LogP contribution is 2.27. The zero-order valence-electron chi connectivity index (χ0n) is 9.43. The second kappa shape index (κ2) is 4.31. The van der Waals surface area contributed by atoms with Gasteiger partial charge in [0.25, 0.3) is 0 Å². The van der Waals surface area contributed by atoms with Crippen LogP contribution in [0.3, 0.4) is 0 Å². The second-order valence-corrected chi connectivity index (χ2v) is 4.53. The first-order chi connectivity index (χ1) is 8.72. The number of hydrogen-bond donors (Lipinski definition) is 0. The van der Waals surface area contributed by atoms with Gasteiger partial charge < -0.3 is 0 Å². The molecule has 18 heavy (non-hydrogen) atoms. The Hall–Kier alpha value is -2.07.